The molecular weight excluding hydrogens is 334 g/mol. The molecule has 1 heterocycles. The van der Waals surface area contributed by atoms with Gasteiger partial charge < -0.3 is 19.5 Å². The summed E-state index contributed by atoms with van der Waals surface area (Å²) in [6.45, 7) is 2.22. The van der Waals surface area contributed by atoms with Gasteiger partial charge in [0.05, 0.1) is 6.61 Å². The number of carbonyl (C=O) groups is 2. The van der Waals surface area contributed by atoms with E-state index >= 15 is 0 Å². The van der Waals surface area contributed by atoms with Crippen molar-refractivity contribution in [1.29, 1.82) is 0 Å². The minimum Gasteiger partial charge on any atom is -0.459 e. The topological polar surface area (TPSA) is 77.2 Å². The van der Waals surface area contributed by atoms with Gasteiger partial charge in [-0.3, -0.25) is 0 Å². The second-order valence-corrected chi connectivity index (χ2v) is 6.27. The van der Waals surface area contributed by atoms with Crippen molar-refractivity contribution in [1.82, 2.24) is 5.32 Å². The lowest BCUT2D eigenvalue weighted by Crippen LogP contribution is -2.57. The van der Waals surface area contributed by atoms with Crippen molar-refractivity contribution in [3.63, 3.8) is 0 Å². The van der Waals surface area contributed by atoms with Crippen molar-refractivity contribution in [3.8, 4) is 0 Å². The van der Waals surface area contributed by atoms with Crippen LogP contribution in [-0.4, -0.2) is 30.3 Å². The lowest BCUT2D eigenvalue weighted by Gasteiger charge is -2.26. The summed E-state index contributed by atoms with van der Waals surface area (Å²) in [6, 6.07) is 18.6. The molecule has 2 aromatic carbocycles. The van der Waals surface area contributed by atoms with E-state index < -0.39 is 23.7 Å². The van der Waals surface area contributed by atoms with E-state index in [1.54, 1.807) is 6.92 Å². The molecule has 6 heteroatoms. The van der Waals surface area contributed by atoms with Gasteiger partial charge in [-0.2, -0.15) is 0 Å². The number of alkyl carbamates (subject to hydrolysis) is 1. The van der Waals surface area contributed by atoms with Crippen LogP contribution >= 0.6 is 0 Å². The zero-order valence-electron chi connectivity index (χ0n) is 14.5. The average molecular weight is 355 g/mol. The third kappa shape index (κ3) is 4.61. The number of carbonyl (C=O) groups excluding carboxylic acids is 2. The van der Waals surface area contributed by atoms with E-state index in [0.717, 1.165) is 11.1 Å². The van der Waals surface area contributed by atoms with E-state index in [9.17, 15) is 9.59 Å². The largest absolute Gasteiger partial charge is 0.459 e. The Bertz CT molecular complexity index is 745. The van der Waals surface area contributed by atoms with Crippen LogP contribution in [0.5, 0.6) is 0 Å². The Balaban J connectivity index is 1.56. The molecule has 2 atom stereocenters. The molecule has 136 valence electrons. The van der Waals surface area contributed by atoms with E-state index in [1.807, 2.05) is 60.7 Å². The minimum atomic E-state index is -1.29. The Kier molecular flexibility index (Phi) is 5.53. The fourth-order valence-corrected chi connectivity index (χ4v) is 2.49. The van der Waals surface area contributed by atoms with E-state index in [-0.39, 0.29) is 13.2 Å². The van der Waals surface area contributed by atoms with Gasteiger partial charge in [0.2, 0.25) is 0 Å². The molecule has 26 heavy (non-hydrogen) atoms. The van der Waals surface area contributed by atoms with Crippen molar-refractivity contribution < 1.29 is 23.8 Å². The van der Waals surface area contributed by atoms with E-state index in [0.29, 0.717) is 6.61 Å². The molecule has 3 rings (SSSR count). The van der Waals surface area contributed by atoms with Gasteiger partial charge in [-0.25, -0.2) is 9.59 Å². The lowest BCUT2D eigenvalue weighted by molar-refractivity contribution is -0.153. The van der Waals surface area contributed by atoms with Gasteiger partial charge in [-0.15, -0.1) is 0 Å². The molecule has 1 aliphatic heterocycles. The summed E-state index contributed by atoms with van der Waals surface area (Å²) in [6.07, 6.45) is -1.11. The average Bonchev–Trinajstić information content (AvgIpc) is 3.52. The first-order valence-electron chi connectivity index (χ1n) is 8.39. The van der Waals surface area contributed by atoms with Gasteiger partial charge in [0, 0.05) is 0 Å². The smallest absolute Gasteiger partial charge is 0.408 e. The predicted octanol–water partition coefficient (Wildman–Crippen LogP) is 2.81. The van der Waals surface area contributed by atoms with Crippen LogP contribution in [0.2, 0.25) is 0 Å². The van der Waals surface area contributed by atoms with Crippen LogP contribution in [0.15, 0.2) is 60.7 Å². The van der Waals surface area contributed by atoms with Crippen molar-refractivity contribution in [3.05, 3.63) is 71.8 Å². The highest BCUT2D eigenvalue weighted by atomic mass is 16.6. The third-order valence-electron chi connectivity index (χ3n) is 4.19. The normalized spacial score (nSPS) is 17.7. The maximum atomic E-state index is 12.6. The van der Waals surface area contributed by atoms with Crippen molar-refractivity contribution in [2.24, 2.45) is 0 Å². The molecule has 1 saturated heterocycles. The highest BCUT2D eigenvalue weighted by Gasteiger charge is 2.52. The van der Waals surface area contributed by atoms with Crippen molar-refractivity contribution in [2.75, 3.05) is 6.61 Å². The molecule has 1 amide bonds. The quantitative estimate of drug-likeness (QED) is 0.610. The van der Waals surface area contributed by atoms with Crippen LogP contribution in [0.4, 0.5) is 4.79 Å². The lowest BCUT2D eigenvalue weighted by atomic mass is 9.99. The maximum absolute atomic E-state index is 12.6. The van der Waals surface area contributed by atoms with Crippen LogP contribution in [-0.2, 0) is 32.2 Å². The molecule has 1 aliphatic rings. The Labute approximate surface area is 152 Å². The number of rotatable bonds is 7. The highest BCUT2D eigenvalue weighted by Crippen LogP contribution is 2.26. The van der Waals surface area contributed by atoms with E-state index in [4.69, 9.17) is 14.2 Å². The summed E-state index contributed by atoms with van der Waals surface area (Å²) < 4.78 is 15.8. The molecule has 0 aromatic heterocycles. The van der Waals surface area contributed by atoms with Crippen LogP contribution in [0.1, 0.15) is 18.1 Å². The zero-order chi connectivity index (χ0) is 18.4. The number of epoxide rings is 1. The van der Waals surface area contributed by atoms with Gasteiger partial charge in [0.1, 0.15) is 19.3 Å². The molecule has 2 aromatic rings. The molecule has 0 unspecified atom stereocenters. The Hall–Kier alpha value is -2.86. The molecule has 6 nitrogen and oxygen atoms in total. The maximum Gasteiger partial charge on any atom is 0.408 e. The number of nitrogens with one attached hydrogen (secondary N) is 1. The summed E-state index contributed by atoms with van der Waals surface area (Å²) in [5.41, 5.74) is 0.438. The number of esters is 1. The Morgan fingerprint density at radius 2 is 1.50 bits per heavy atom. The number of benzene rings is 2. The van der Waals surface area contributed by atoms with E-state index in [2.05, 4.69) is 5.32 Å². The first-order chi connectivity index (χ1) is 12.6. The number of ether oxygens (including phenoxy) is 3. The summed E-state index contributed by atoms with van der Waals surface area (Å²) in [5.74, 6) is -0.555. The van der Waals surface area contributed by atoms with Crippen LogP contribution in [0.25, 0.3) is 0 Å². The first-order valence-corrected chi connectivity index (χ1v) is 8.39. The molecule has 0 spiro atoms. The Morgan fingerprint density at radius 1 is 1.00 bits per heavy atom. The molecule has 0 saturated carbocycles. The third-order valence-corrected chi connectivity index (χ3v) is 4.19. The number of amides is 1. The van der Waals surface area contributed by atoms with Gasteiger partial charge >= 0.3 is 12.1 Å². The molecule has 0 aliphatic carbocycles. The van der Waals surface area contributed by atoms with Gasteiger partial charge in [0.25, 0.3) is 0 Å². The first kappa shape index (κ1) is 17.9. The SMILES string of the molecule is C[C@@](NC(=O)OCc1ccccc1)(C(=O)OCc1ccccc1)[C@@H]1CO1. The van der Waals surface area contributed by atoms with Gasteiger partial charge in [0.15, 0.2) is 5.54 Å². The molecule has 1 fully saturated rings. The van der Waals surface area contributed by atoms with Gasteiger partial charge in [-0.1, -0.05) is 60.7 Å². The van der Waals surface area contributed by atoms with E-state index in [1.165, 1.54) is 0 Å². The predicted molar refractivity (Wildman–Crippen MR) is 94.1 cm³/mol. The summed E-state index contributed by atoms with van der Waals surface area (Å²) in [7, 11) is 0. The monoisotopic (exact) mass is 355 g/mol. The number of hydrogen-bond acceptors (Lipinski definition) is 5. The van der Waals surface area contributed by atoms with Crippen LogP contribution in [0, 0.1) is 0 Å². The Morgan fingerprint density at radius 3 is 2.00 bits per heavy atom. The fraction of sp³-hybridized carbons (Fsp3) is 0.300. The second-order valence-electron chi connectivity index (χ2n) is 6.27. The minimum absolute atomic E-state index is 0.118. The summed E-state index contributed by atoms with van der Waals surface area (Å²) in [5, 5.41) is 2.60. The van der Waals surface area contributed by atoms with Gasteiger partial charge in [-0.05, 0) is 18.1 Å². The second kappa shape index (κ2) is 8.01. The highest BCUT2D eigenvalue weighted by molar-refractivity contribution is 5.86. The molecule has 0 bridgehead atoms. The summed E-state index contributed by atoms with van der Waals surface area (Å²) in [4.78, 5) is 24.7. The van der Waals surface area contributed by atoms with Crippen molar-refractivity contribution in [2.45, 2.75) is 31.8 Å². The fourth-order valence-electron chi connectivity index (χ4n) is 2.49. The summed E-state index contributed by atoms with van der Waals surface area (Å²) >= 11 is 0. The van der Waals surface area contributed by atoms with Crippen LogP contribution in [0.3, 0.4) is 0 Å². The molecule has 0 radical (unpaired) electrons. The number of hydrogen-bond donors (Lipinski definition) is 1. The van der Waals surface area contributed by atoms with Crippen LogP contribution < -0.4 is 5.32 Å². The standard InChI is InChI=1S/C20H21NO5/c1-20(17-14-24-17,18(22)25-12-15-8-4-2-5-9-15)21-19(23)26-13-16-10-6-3-7-11-16/h2-11,17H,12-14H2,1H3,(H,21,23)/t17-,20-/m0/s1. The molecular formula is C20H21NO5. The zero-order valence-corrected chi connectivity index (χ0v) is 14.5. The molecule has 1 N–H and O–H groups in total. The van der Waals surface area contributed by atoms with Crippen molar-refractivity contribution >= 4 is 12.1 Å².